The number of amides is 1. The summed E-state index contributed by atoms with van der Waals surface area (Å²) in [5.41, 5.74) is -0.679. The molecule has 1 heterocycles. The third-order valence-electron chi connectivity index (χ3n) is 2.84. The normalized spacial score (nSPS) is 24.1. The van der Waals surface area contributed by atoms with Gasteiger partial charge in [-0.1, -0.05) is 6.92 Å². The first kappa shape index (κ1) is 15.5. The van der Waals surface area contributed by atoms with Gasteiger partial charge in [-0.2, -0.15) is 0 Å². The van der Waals surface area contributed by atoms with Crippen LogP contribution in [-0.2, 0) is 19.1 Å². The van der Waals surface area contributed by atoms with Gasteiger partial charge in [-0.3, -0.25) is 9.69 Å². The van der Waals surface area contributed by atoms with Crippen molar-refractivity contribution < 1.29 is 23.9 Å². The molecule has 0 aliphatic carbocycles. The number of carbonyl (C=O) groups is 3. The quantitative estimate of drug-likeness (QED) is 0.673. The van der Waals surface area contributed by atoms with E-state index in [0.29, 0.717) is 0 Å². The van der Waals surface area contributed by atoms with Crippen LogP contribution in [0.3, 0.4) is 0 Å². The van der Waals surface area contributed by atoms with Crippen molar-refractivity contribution in [3.05, 3.63) is 0 Å². The summed E-state index contributed by atoms with van der Waals surface area (Å²) in [4.78, 5) is 36.6. The van der Waals surface area contributed by atoms with E-state index in [1.807, 2.05) is 0 Å². The van der Waals surface area contributed by atoms with Gasteiger partial charge in [0.15, 0.2) is 5.78 Å². The van der Waals surface area contributed by atoms with Crippen molar-refractivity contribution in [3.63, 3.8) is 0 Å². The largest absolute Gasteiger partial charge is 0.467 e. The Bertz CT molecular complexity index is 385. The van der Waals surface area contributed by atoms with Crippen LogP contribution in [0.5, 0.6) is 0 Å². The first-order valence-electron chi connectivity index (χ1n) is 6.25. The fraction of sp³-hybridized carbons (Fsp3) is 0.769. The second-order valence-corrected chi connectivity index (χ2v) is 5.80. The summed E-state index contributed by atoms with van der Waals surface area (Å²) in [6.07, 6.45) is -0.401. The summed E-state index contributed by atoms with van der Waals surface area (Å²) in [6, 6.07) is -0.766. The summed E-state index contributed by atoms with van der Waals surface area (Å²) in [6.45, 7) is 6.82. The second kappa shape index (κ2) is 5.59. The zero-order valence-corrected chi connectivity index (χ0v) is 12.1. The number of nitrogens with zero attached hydrogens (tertiary/aromatic N) is 1. The van der Waals surface area contributed by atoms with E-state index in [-0.39, 0.29) is 24.7 Å². The molecule has 0 bridgehead atoms. The van der Waals surface area contributed by atoms with Gasteiger partial charge in [-0.05, 0) is 26.7 Å². The first-order valence-corrected chi connectivity index (χ1v) is 6.25. The molecule has 108 valence electrons. The van der Waals surface area contributed by atoms with E-state index in [1.165, 1.54) is 7.11 Å². The number of Topliss-reactive ketones (excluding diaryl/α,β-unsaturated/α-hetero) is 1. The molecule has 1 fully saturated rings. The molecule has 0 aromatic rings. The highest BCUT2D eigenvalue weighted by Gasteiger charge is 2.42. The fourth-order valence-electron chi connectivity index (χ4n) is 2.11. The number of ether oxygens (including phenoxy) is 2. The molecule has 0 N–H and O–H groups in total. The highest BCUT2D eigenvalue weighted by molar-refractivity contribution is 5.91. The lowest BCUT2D eigenvalue weighted by atomic mass is 9.90. The molecule has 1 rings (SSSR count). The SMILES string of the molecule is COC(=O)[C@@H]1[C@H](C)CC(=O)CN1C(=O)OC(C)(C)C. The Morgan fingerprint density at radius 2 is 1.89 bits per heavy atom. The van der Waals surface area contributed by atoms with Crippen LogP contribution >= 0.6 is 0 Å². The van der Waals surface area contributed by atoms with Gasteiger partial charge < -0.3 is 9.47 Å². The van der Waals surface area contributed by atoms with Crippen molar-refractivity contribution in [2.24, 2.45) is 5.92 Å². The fourth-order valence-corrected chi connectivity index (χ4v) is 2.11. The monoisotopic (exact) mass is 271 g/mol. The summed E-state index contributed by atoms with van der Waals surface area (Å²) >= 11 is 0. The lowest BCUT2D eigenvalue weighted by Crippen LogP contribution is -2.56. The number of rotatable bonds is 1. The highest BCUT2D eigenvalue weighted by Crippen LogP contribution is 2.24. The molecule has 0 aromatic carbocycles. The summed E-state index contributed by atoms with van der Waals surface area (Å²) in [5, 5.41) is 0. The predicted molar refractivity (Wildman–Crippen MR) is 67.5 cm³/mol. The lowest BCUT2D eigenvalue weighted by molar-refractivity contribution is -0.151. The predicted octanol–water partition coefficient (Wildman–Crippen LogP) is 1.37. The van der Waals surface area contributed by atoms with Crippen LogP contribution in [0.25, 0.3) is 0 Å². The van der Waals surface area contributed by atoms with Crippen LogP contribution in [-0.4, -0.2) is 48.0 Å². The molecule has 0 spiro atoms. The van der Waals surface area contributed by atoms with Crippen LogP contribution in [0.2, 0.25) is 0 Å². The number of ketones is 1. The van der Waals surface area contributed by atoms with Gasteiger partial charge in [0.05, 0.1) is 13.7 Å². The summed E-state index contributed by atoms with van der Waals surface area (Å²) in [7, 11) is 1.26. The molecule has 19 heavy (non-hydrogen) atoms. The molecule has 0 unspecified atom stereocenters. The number of carbonyl (C=O) groups excluding carboxylic acids is 3. The Balaban J connectivity index is 2.94. The minimum atomic E-state index is -0.766. The van der Waals surface area contributed by atoms with Gasteiger partial charge >= 0.3 is 12.1 Å². The molecule has 6 heteroatoms. The Kier molecular flexibility index (Phi) is 4.55. The average molecular weight is 271 g/mol. The van der Waals surface area contributed by atoms with Crippen molar-refractivity contribution in [1.29, 1.82) is 0 Å². The van der Waals surface area contributed by atoms with Crippen LogP contribution in [0.4, 0.5) is 4.79 Å². The van der Waals surface area contributed by atoms with E-state index in [0.717, 1.165) is 4.90 Å². The molecule has 6 nitrogen and oxygen atoms in total. The standard InChI is InChI=1S/C13H21NO5/c1-8-6-9(15)7-14(10(8)11(16)18-5)12(17)19-13(2,3)4/h8,10H,6-7H2,1-5H3/t8-,10+/m1/s1. The smallest absolute Gasteiger partial charge is 0.411 e. The number of esters is 1. The van der Waals surface area contributed by atoms with E-state index in [2.05, 4.69) is 0 Å². The zero-order chi connectivity index (χ0) is 14.8. The van der Waals surface area contributed by atoms with Crippen molar-refractivity contribution in [3.8, 4) is 0 Å². The molecule has 1 aliphatic rings. The van der Waals surface area contributed by atoms with Gasteiger partial charge in [-0.25, -0.2) is 9.59 Å². The summed E-state index contributed by atoms with van der Waals surface area (Å²) < 4.78 is 9.93. The van der Waals surface area contributed by atoms with Crippen LogP contribution in [0, 0.1) is 5.92 Å². The first-order chi connectivity index (χ1) is 8.65. The van der Waals surface area contributed by atoms with Crippen LogP contribution in [0.15, 0.2) is 0 Å². The maximum Gasteiger partial charge on any atom is 0.411 e. The number of hydrogen-bond acceptors (Lipinski definition) is 5. The number of likely N-dealkylation sites (tertiary alicyclic amines) is 1. The molecule has 1 aliphatic heterocycles. The molecule has 1 saturated heterocycles. The molecule has 2 atom stereocenters. The minimum Gasteiger partial charge on any atom is -0.467 e. The van der Waals surface area contributed by atoms with Gasteiger partial charge in [0.2, 0.25) is 0 Å². The van der Waals surface area contributed by atoms with Crippen LogP contribution < -0.4 is 0 Å². The van der Waals surface area contributed by atoms with E-state index < -0.39 is 23.7 Å². The number of methoxy groups -OCH3 is 1. The average Bonchev–Trinajstić information content (AvgIpc) is 2.24. The topological polar surface area (TPSA) is 72.9 Å². The van der Waals surface area contributed by atoms with Crippen molar-refractivity contribution in [2.75, 3.05) is 13.7 Å². The Morgan fingerprint density at radius 1 is 1.32 bits per heavy atom. The molecular weight excluding hydrogens is 250 g/mol. The van der Waals surface area contributed by atoms with Crippen molar-refractivity contribution in [2.45, 2.75) is 45.8 Å². The second-order valence-electron chi connectivity index (χ2n) is 5.80. The molecule has 0 aromatic heterocycles. The Hall–Kier alpha value is -1.59. The lowest BCUT2D eigenvalue weighted by Gasteiger charge is -2.37. The molecule has 0 radical (unpaired) electrons. The van der Waals surface area contributed by atoms with Crippen molar-refractivity contribution in [1.82, 2.24) is 4.90 Å². The van der Waals surface area contributed by atoms with Crippen LogP contribution in [0.1, 0.15) is 34.1 Å². The van der Waals surface area contributed by atoms with Gasteiger partial charge in [0.25, 0.3) is 0 Å². The van der Waals surface area contributed by atoms with Gasteiger partial charge in [0, 0.05) is 6.42 Å². The van der Waals surface area contributed by atoms with E-state index >= 15 is 0 Å². The minimum absolute atomic E-state index is 0.0847. The number of hydrogen-bond donors (Lipinski definition) is 0. The molecular formula is C13H21NO5. The molecule has 1 amide bonds. The van der Waals surface area contributed by atoms with E-state index in [9.17, 15) is 14.4 Å². The summed E-state index contributed by atoms with van der Waals surface area (Å²) in [5.74, 6) is -0.884. The highest BCUT2D eigenvalue weighted by atomic mass is 16.6. The zero-order valence-electron chi connectivity index (χ0n) is 12.1. The third-order valence-corrected chi connectivity index (χ3v) is 2.84. The van der Waals surface area contributed by atoms with Gasteiger partial charge in [0.1, 0.15) is 11.6 Å². The van der Waals surface area contributed by atoms with E-state index in [4.69, 9.17) is 9.47 Å². The third kappa shape index (κ3) is 3.94. The number of piperidine rings is 1. The Morgan fingerprint density at radius 3 is 2.37 bits per heavy atom. The Labute approximate surface area is 113 Å². The van der Waals surface area contributed by atoms with Crippen molar-refractivity contribution >= 4 is 17.8 Å². The van der Waals surface area contributed by atoms with E-state index in [1.54, 1.807) is 27.7 Å². The maximum absolute atomic E-state index is 12.1. The van der Waals surface area contributed by atoms with Gasteiger partial charge in [-0.15, -0.1) is 0 Å². The molecule has 0 saturated carbocycles. The maximum atomic E-state index is 12.1.